The van der Waals surface area contributed by atoms with Gasteiger partial charge in [0.1, 0.15) is 18.1 Å². The molecule has 0 saturated carbocycles. The molecule has 0 aliphatic rings. The van der Waals surface area contributed by atoms with E-state index < -0.39 is 41.8 Å². The van der Waals surface area contributed by atoms with Crippen molar-refractivity contribution in [1.29, 1.82) is 0 Å². The quantitative estimate of drug-likeness (QED) is 0.180. The van der Waals surface area contributed by atoms with Gasteiger partial charge in [-0.2, -0.15) is 0 Å². The number of carboxylic acids is 1. The predicted molar refractivity (Wildman–Crippen MR) is 132 cm³/mol. The lowest BCUT2D eigenvalue weighted by atomic mass is 10.00. The van der Waals surface area contributed by atoms with Crippen molar-refractivity contribution in [2.75, 3.05) is 6.54 Å². The van der Waals surface area contributed by atoms with Crippen LogP contribution in [0.2, 0.25) is 0 Å². The standard InChI is InChI=1S/C24H31N7O5/c1-13(2)21(23(34)30-19(24(35)36)8-15-11-26-12-28-15)31-22(33)18(29-20(32)9-25)7-14-10-27-17-6-4-3-5-16(14)17/h3-6,10-13,18-19,21,27H,7-9,25H2,1-2H3,(H,26,28)(H,29,32)(H,30,34)(H,31,33)(H,35,36). The first-order valence-corrected chi connectivity index (χ1v) is 11.5. The minimum Gasteiger partial charge on any atom is -0.480 e. The lowest BCUT2D eigenvalue weighted by molar-refractivity contribution is -0.142. The molecule has 2 heterocycles. The Kier molecular flexibility index (Phi) is 8.79. The molecule has 3 aromatic rings. The Balaban J connectivity index is 1.76. The van der Waals surface area contributed by atoms with E-state index in [0.29, 0.717) is 5.69 Å². The number of carbonyl (C=O) groups excluding carboxylic acids is 3. The van der Waals surface area contributed by atoms with Crippen molar-refractivity contribution in [3.05, 3.63) is 54.2 Å². The summed E-state index contributed by atoms with van der Waals surface area (Å²) < 4.78 is 0. The normalized spacial score (nSPS) is 13.7. The number of para-hydroxylation sites is 1. The largest absolute Gasteiger partial charge is 0.480 e. The summed E-state index contributed by atoms with van der Waals surface area (Å²) in [4.78, 5) is 59.9. The van der Waals surface area contributed by atoms with E-state index in [-0.39, 0.29) is 25.3 Å². The number of H-pyrrole nitrogens is 2. The zero-order chi connectivity index (χ0) is 26.2. The maximum Gasteiger partial charge on any atom is 0.326 e. The van der Waals surface area contributed by atoms with Crippen molar-refractivity contribution in [3.8, 4) is 0 Å². The van der Waals surface area contributed by atoms with Gasteiger partial charge in [0.05, 0.1) is 12.9 Å². The van der Waals surface area contributed by atoms with Gasteiger partial charge in [0.15, 0.2) is 0 Å². The van der Waals surface area contributed by atoms with Gasteiger partial charge in [0.25, 0.3) is 0 Å². The summed E-state index contributed by atoms with van der Waals surface area (Å²) in [5.41, 5.74) is 7.67. The topological polar surface area (TPSA) is 195 Å². The van der Waals surface area contributed by atoms with Crippen LogP contribution in [0.5, 0.6) is 0 Å². The number of benzene rings is 1. The van der Waals surface area contributed by atoms with Gasteiger partial charge in [0.2, 0.25) is 17.7 Å². The molecule has 0 radical (unpaired) electrons. The van der Waals surface area contributed by atoms with Crippen LogP contribution in [0.15, 0.2) is 43.0 Å². The average molecular weight is 498 g/mol. The number of aliphatic carboxylic acids is 1. The van der Waals surface area contributed by atoms with Crippen molar-refractivity contribution >= 4 is 34.6 Å². The first-order chi connectivity index (χ1) is 17.2. The van der Waals surface area contributed by atoms with Gasteiger partial charge >= 0.3 is 5.97 Å². The van der Waals surface area contributed by atoms with E-state index in [0.717, 1.165) is 16.5 Å². The van der Waals surface area contributed by atoms with E-state index in [4.69, 9.17) is 5.73 Å². The second-order valence-electron chi connectivity index (χ2n) is 8.80. The Bertz CT molecular complexity index is 1200. The zero-order valence-corrected chi connectivity index (χ0v) is 20.1. The number of nitrogens with one attached hydrogen (secondary N) is 5. The molecule has 36 heavy (non-hydrogen) atoms. The minimum atomic E-state index is -1.23. The smallest absolute Gasteiger partial charge is 0.326 e. The van der Waals surface area contributed by atoms with Crippen molar-refractivity contribution in [2.45, 2.75) is 44.8 Å². The summed E-state index contributed by atoms with van der Waals surface area (Å²) in [7, 11) is 0. The monoisotopic (exact) mass is 497 g/mol. The number of aromatic nitrogens is 3. The lowest BCUT2D eigenvalue weighted by Gasteiger charge is -2.26. The molecule has 12 heteroatoms. The summed E-state index contributed by atoms with van der Waals surface area (Å²) in [6.45, 7) is 3.14. The van der Waals surface area contributed by atoms with Crippen LogP contribution < -0.4 is 21.7 Å². The maximum atomic E-state index is 13.3. The molecule has 2 aromatic heterocycles. The highest BCUT2D eigenvalue weighted by molar-refractivity contribution is 5.94. The van der Waals surface area contributed by atoms with Crippen LogP contribution in [0.4, 0.5) is 0 Å². The molecule has 0 aliphatic heterocycles. The van der Waals surface area contributed by atoms with Crippen LogP contribution >= 0.6 is 0 Å². The number of carboxylic acid groups (broad SMARTS) is 1. The predicted octanol–water partition coefficient (Wildman–Crippen LogP) is -0.170. The van der Waals surface area contributed by atoms with Crippen molar-refractivity contribution in [1.82, 2.24) is 30.9 Å². The highest BCUT2D eigenvalue weighted by atomic mass is 16.4. The van der Waals surface area contributed by atoms with Crippen molar-refractivity contribution < 1.29 is 24.3 Å². The number of hydrogen-bond acceptors (Lipinski definition) is 6. The molecule has 0 saturated heterocycles. The Morgan fingerprint density at radius 1 is 1.00 bits per heavy atom. The van der Waals surface area contributed by atoms with Gasteiger partial charge in [-0.05, 0) is 17.5 Å². The Morgan fingerprint density at radius 2 is 1.75 bits per heavy atom. The number of nitrogens with zero attached hydrogens (tertiary/aromatic N) is 1. The van der Waals surface area contributed by atoms with Crippen LogP contribution in [0.3, 0.4) is 0 Å². The number of nitrogens with two attached hydrogens (primary N) is 1. The van der Waals surface area contributed by atoms with Gasteiger partial charge in [-0.1, -0.05) is 32.0 Å². The third kappa shape index (κ3) is 6.69. The molecule has 8 N–H and O–H groups in total. The summed E-state index contributed by atoms with van der Waals surface area (Å²) in [6, 6.07) is 4.27. The molecular weight excluding hydrogens is 466 g/mol. The third-order valence-corrected chi connectivity index (χ3v) is 5.78. The van der Waals surface area contributed by atoms with Crippen molar-refractivity contribution in [3.63, 3.8) is 0 Å². The molecule has 0 fully saturated rings. The molecule has 0 spiro atoms. The van der Waals surface area contributed by atoms with Crippen LogP contribution in [0.1, 0.15) is 25.1 Å². The highest BCUT2D eigenvalue weighted by Gasteiger charge is 2.32. The van der Waals surface area contributed by atoms with Crippen LogP contribution in [-0.4, -0.2) is 68.4 Å². The van der Waals surface area contributed by atoms with E-state index in [1.807, 2.05) is 24.3 Å². The molecule has 3 rings (SSSR count). The number of rotatable bonds is 12. The van der Waals surface area contributed by atoms with Gasteiger partial charge in [-0.15, -0.1) is 0 Å². The maximum absolute atomic E-state index is 13.3. The van der Waals surface area contributed by atoms with E-state index in [9.17, 15) is 24.3 Å². The molecule has 0 aliphatic carbocycles. The summed E-state index contributed by atoms with van der Waals surface area (Å²) >= 11 is 0. The van der Waals surface area contributed by atoms with Gasteiger partial charge < -0.3 is 36.8 Å². The Labute approximate surface area is 207 Å². The van der Waals surface area contributed by atoms with E-state index >= 15 is 0 Å². The Hall–Kier alpha value is -4.19. The van der Waals surface area contributed by atoms with Gasteiger partial charge in [0, 0.05) is 41.8 Å². The molecule has 192 valence electrons. The molecule has 3 amide bonds. The third-order valence-electron chi connectivity index (χ3n) is 5.78. The fourth-order valence-electron chi connectivity index (χ4n) is 3.85. The highest BCUT2D eigenvalue weighted by Crippen LogP contribution is 2.19. The lowest BCUT2D eigenvalue weighted by Crippen LogP contribution is -2.58. The molecule has 3 atom stereocenters. The zero-order valence-electron chi connectivity index (χ0n) is 20.1. The Morgan fingerprint density at radius 3 is 2.39 bits per heavy atom. The SMILES string of the molecule is CC(C)C(NC(=O)C(Cc1c[nH]c2ccccc12)NC(=O)CN)C(=O)NC(Cc1cnc[nH]1)C(=O)O. The number of fused-ring (bicyclic) bond motifs is 1. The number of carbonyl (C=O) groups is 4. The first-order valence-electron chi connectivity index (χ1n) is 11.5. The summed E-state index contributed by atoms with van der Waals surface area (Å²) in [5, 5.41) is 18.3. The van der Waals surface area contributed by atoms with Crippen LogP contribution in [0.25, 0.3) is 10.9 Å². The summed E-state index contributed by atoms with van der Waals surface area (Å²) in [5.74, 6) is -3.35. The number of imidazole rings is 1. The first kappa shape index (κ1) is 26.4. The van der Waals surface area contributed by atoms with E-state index in [1.165, 1.54) is 12.5 Å². The van der Waals surface area contributed by atoms with E-state index in [1.54, 1.807) is 20.0 Å². The number of aromatic amines is 2. The van der Waals surface area contributed by atoms with E-state index in [2.05, 4.69) is 30.9 Å². The average Bonchev–Trinajstić information content (AvgIpc) is 3.51. The molecule has 3 unspecified atom stereocenters. The molecule has 1 aromatic carbocycles. The summed E-state index contributed by atoms with van der Waals surface area (Å²) in [6.07, 6.45) is 4.80. The second kappa shape index (κ2) is 12.0. The fraction of sp³-hybridized carbons (Fsp3) is 0.375. The van der Waals surface area contributed by atoms with Gasteiger partial charge in [-0.3, -0.25) is 14.4 Å². The number of hydrogen-bond donors (Lipinski definition) is 7. The second-order valence-corrected chi connectivity index (χ2v) is 8.80. The van der Waals surface area contributed by atoms with Crippen LogP contribution in [0, 0.1) is 5.92 Å². The minimum absolute atomic E-state index is 0.00438. The molecular formula is C24H31N7O5. The van der Waals surface area contributed by atoms with Gasteiger partial charge in [-0.25, -0.2) is 9.78 Å². The molecule has 0 bridgehead atoms. The van der Waals surface area contributed by atoms with Crippen LogP contribution in [-0.2, 0) is 32.0 Å². The fourth-order valence-corrected chi connectivity index (χ4v) is 3.85. The number of amides is 3. The van der Waals surface area contributed by atoms with Crippen molar-refractivity contribution in [2.24, 2.45) is 11.7 Å². The molecule has 12 nitrogen and oxygen atoms in total.